The molecule has 0 aliphatic carbocycles. The van der Waals surface area contributed by atoms with Crippen LogP contribution in [0.25, 0.3) is 10.9 Å². The van der Waals surface area contributed by atoms with Crippen LogP contribution >= 0.6 is 0 Å². The minimum atomic E-state index is -0.379. The second-order valence-corrected chi connectivity index (χ2v) is 2.97. The van der Waals surface area contributed by atoms with E-state index in [0.29, 0.717) is 16.9 Å². The van der Waals surface area contributed by atoms with Crippen LogP contribution in [0.4, 0.5) is 15.8 Å². The maximum atomic E-state index is 13.4. The van der Waals surface area contributed by atoms with E-state index >= 15 is 0 Å². The highest BCUT2D eigenvalue weighted by molar-refractivity contribution is 5.98. The van der Waals surface area contributed by atoms with Gasteiger partial charge in [-0.25, -0.2) is 4.39 Å². The van der Waals surface area contributed by atoms with Gasteiger partial charge in [0.2, 0.25) is 0 Å². The fourth-order valence-corrected chi connectivity index (χ4v) is 1.47. The highest BCUT2D eigenvalue weighted by Crippen LogP contribution is 2.28. The van der Waals surface area contributed by atoms with Crippen LogP contribution in [0.2, 0.25) is 0 Å². The van der Waals surface area contributed by atoms with Gasteiger partial charge >= 0.3 is 0 Å². The molecule has 72 valence electrons. The minimum Gasteiger partial charge on any atom is -0.398 e. The summed E-state index contributed by atoms with van der Waals surface area (Å²) in [5.74, 6) is -0.379. The number of anilines is 2. The number of hydrogen-bond acceptors (Lipinski definition) is 3. The average molecular weight is 191 g/mol. The molecule has 1 aromatic carbocycles. The Kier molecular flexibility index (Phi) is 1.96. The molecule has 3 nitrogen and oxygen atoms in total. The van der Waals surface area contributed by atoms with E-state index in [1.54, 1.807) is 19.3 Å². The van der Waals surface area contributed by atoms with Gasteiger partial charge in [0.25, 0.3) is 0 Å². The Labute approximate surface area is 80.8 Å². The molecule has 0 atom stereocenters. The summed E-state index contributed by atoms with van der Waals surface area (Å²) in [6, 6.07) is 4.89. The van der Waals surface area contributed by atoms with Crippen LogP contribution in [0.3, 0.4) is 0 Å². The number of nitrogens with one attached hydrogen (secondary N) is 1. The molecule has 0 radical (unpaired) electrons. The molecule has 14 heavy (non-hydrogen) atoms. The first kappa shape index (κ1) is 8.74. The lowest BCUT2D eigenvalue weighted by molar-refractivity contribution is 0.633. The van der Waals surface area contributed by atoms with Crippen LogP contribution in [-0.4, -0.2) is 12.0 Å². The third-order valence-corrected chi connectivity index (χ3v) is 2.13. The Balaban J connectivity index is 2.90. The molecular weight excluding hydrogens is 181 g/mol. The molecule has 2 rings (SSSR count). The Morgan fingerprint density at radius 1 is 1.50 bits per heavy atom. The van der Waals surface area contributed by atoms with Gasteiger partial charge < -0.3 is 11.1 Å². The van der Waals surface area contributed by atoms with E-state index in [2.05, 4.69) is 10.3 Å². The number of nitrogens with two attached hydrogens (primary N) is 1. The molecule has 0 bridgehead atoms. The molecule has 1 aromatic heterocycles. The molecule has 1 heterocycles. The number of benzene rings is 1. The lowest BCUT2D eigenvalue weighted by Crippen LogP contribution is -1.98. The van der Waals surface area contributed by atoms with Crippen LogP contribution < -0.4 is 11.1 Å². The fourth-order valence-electron chi connectivity index (χ4n) is 1.47. The van der Waals surface area contributed by atoms with Gasteiger partial charge in [-0.15, -0.1) is 0 Å². The second-order valence-electron chi connectivity index (χ2n) is 2.97. The van der Waals surface area contributed by atoms with Crippen LogP contribution in [-0.2, 0) is 0 Å². The van der Waals surface area contributed by atoms with Gasteiger partial charge in [-0.1, -0.05) is 0 Å². The zero-order valence-corrected chi connectivity index (χ0v) is 7.71. The van der Waals surface area contributed by atoms with Crippen molar-refractivity contribution in [2.75, 3.05) is 18.1 Å². The van der Waals surface area contributed by atoms with Crippen molar-refractivity contribution >= 4 is 22.3 Å². The fraction of sp³-hybridized carbons (Fsp3) is 0.100. The van der Waals surface area contributed by atoms with Crippen LogP contribution in [0.15, 0.2) is 24.4 Å². The first-order valence-corrected chi connectivity index (χ1v) is 4.24. The van der Waals surface area contributed by atoms with Crippen LogP contribution in [0, 0.1) is 5.82 Å². The standard InChI is InChI=1S/C10H10FN3/c1-13-10-7(11)5-8(12)6-3-2-4-14-9(6)10/h2-5,13H,12H2,1H3. The molecule has 0 fully saturated rings. The average Bonchev–Trinajstić information content (AvgIpc) is 2.18. The normalized spacial score (nSPS) is 10.4. The smallest absolute Gasteiger partial charge is 0.150 e. The summed E-state index contributed by atoms with van der Waals surface area (Å²) in [6.45, 7) is 0. The highest BCUT2D eigenvalue weighted by Gasteiger charge is 2.09. The predicted octanol–water partition coefficient (Wildman–Crippen LogP) is 2.00. The molecule has 0 unspecified atom stereocenters. The molecule has 0 saturated carbocycles. The molecule has 0 spiro atoms. The first-order chi connectivity index (χ1) is 6.74. The van der Waals surface area contributed by atoms with E-state index in [4.69, 9.17) is 5.73 Å². The highest BCUT2D eigenvalue weighted by atomic mass is 19.1. The molecule has 0 saturated heterocycles. The summed E-state index contributed by atoms with van der Waals surface area (Å²) >= 11 is 0. The number of rotatable bonds is 1. The predicted molar refractivity (Wildman–Crippen MR) is 55.7 cm³/mol. The number of nitrogens with zero attached hydrogens (tertiary/aromatic N) is 1. The van der Waals surface area contributed by atoms with E-state index in [1.165, 1.54) is 6.07 Å². The Morgan fingerprint density at radius 3 is 3.00 bits per heavy atom. The van der Waals surface area contributed by atoms with Gasteiger partial charge in [0.1, 0.15) is 0 Å². The zero-order valence-electron chi connectivity index (χ0n) is 7.71. The van der Waals surface area contributed by atoms with Crippen molar-refractivity contribution in [3.63, 3.8) is 0 Å². The van der Waals surface area contributed by atoms with Crippen molar-refractivity contribution in [2.24, 2.45) is 0 Å². The van der Waals surface area contributed by atoms with Crippen molar-refractivity contribution in [3.05, 3.63) is 30.2 Å². The summed E-state index contributed by atoms with van der Waals surface area (Å²) in [6.07, 6.45) is 1.61. The van der Waals surface area contributed by atoms with E-state index in [1.807, 2.05) is 6.07 Å². The van der Waals surface area contributed by atoms with Gasteiger partial charge in [-0.3, -0.25) is 4.98 Å². The van der Waals surface area contributed by atoms with Crippen LogP contribution in [0.5, 0.6) is 0 Å². The monoisotopic (exact) mass is 191 g/mol. The number of hydrogen-bond donors (Lipinski definition) is 2. The second kappa shape index (κ2) is 3.14. The van der Waals surface area contributed by atoms with Crippen molar-refractivity contribution in [1.29, 1.82) is 0 Å². The lowest BCUT2D eigenvalue weighted by atomic mass is 10.1. The molecule has 3 N–H and O–H groups in total. The van der Waals surface area contributed by atoms with E-state index in [-0.39, 0.29) is 5.82 Å². The molecule has 0 amide bonds. The third kappa shape index (κ3) is 1.16. The number of fused-ring (bicyclic) bond motifs is 1. The van der Waals surface area contributed by atoms with Gasteiger partial charge in [0, 0.05) is 24.3 Å². The molecule has 0 aliphatic rings. The maximum absolute atomic E-state index is 13.4. The summed E-state index contributed by atoms with van der Waals surface area (Å²) in [5.41, 5.74) is 7.03. The summed E-state index contributed by atoms with van der Waals surface area (Å²) in [5, 5.41) is 3.53. The molecule has 2 aromatic rings. The zero-order chi connectivity index (χ0) is 10.1. The van der Waals surface area contributed by atoms with E-state index < -0.39 is 0 Å². The largest absolute Gasteiger partial charge is 0.398 e. The minimum absolute atomic E-state index is 0.379. The number of pyridine rings is 1. The van der Waals surface area contributed by atoms with Crippen molar-refractivity contribution in [3.8, 4) is 0 Å². The topological polar surface area (TPSA) is 50.9 Å². The summed E-state index contributed by atoms with van der Waals surface area (Å²) in [7, 11) is 1.66. The van der Waals surface area contributed by atoms with Gasteiger partial charge in [0.05, 0.1) is 11.2 Å². The maximum Gasteiger partial charge on any atom is 0.150 e. The van der Waals surface area contributed by atoms with E-state index in [0.717, 1.165) is 5.39 Å². The molecular formula is C10H10FN3. The van der Waals surface area contributed by atoms with Gasteiger partial charge in [-0.2, -0.15) is 0 Å². The Hall–Kier alpha value is -1.84. The number of nitrogen functional groups attached to an aromatic ring is 1. The van der Waals surface area contributed by atoms with Crippen molar-refractivity contribution in [2.45, 2.75) is 0 Å². The van der Waals surface area contributed by atoms with Crippen LogP contribution in [0.1, 0.15) is 0 Å². The Bertz CT molecular complexity index is 482. The lowest BCUT2D eigenvalue weighted by Gasteiger charge is -2.08. The number of halogens is 1. The van der Waals surface area contributed by atoms with E-state index in [9.17, 15) is 4.39 Å². The molecule has 4 heteroatoms. The summed E-state index contributed by atoms with van der Waals surface area (Å²) in [4.78, 5) is 4.09. The quantitative estimate of drug-likeness (QED) is 0.678. The number of aromatic nitrogens is 1. The SMILES string of the molecule is CNc1c(F)cc(N)c2cccnc12. The van der Waals surface area contributed by atoms with Gasteiger partial charge in [0.15, 0.2) is 5.82 Å². The van der Waals surface area contributed by atoms with Gasteiger partial charge in [-0.05, 0) is 18.2 Å². The first-order valence-electron chi connectivity index (χ1n) is 4.24. The molecule has 0 aliphatic heterocycles. The Morgan fingerprint density at radius 2 is 2.29 bits per heavy atom. The van der Waals surface area contributed by atoms with Crippen molar-refractivity contribution < 1.29 is 4.39 Å². The summed E-state index contributed by atoms with van der Waals surface area (Å²) < 4.78 is 13.4. The third-order valence-electron chi connectivity index (χ3n) is 2.13. The van der Waals surface area contributed by atoms with Crippen molar-refractivity contribution in [1.82, 2.24) is 4.98 Å².